The van der Waals surface area contributed by atoms with Crippen LogP contribution in [0.25, 0.3) is 0 Å². The second-order valence-electron chi connectivity index (χ2n) is 7.38. The highest BCUT2D eigenvalue weighted by Gasteiger charge is 2.35. The molecular formula is C21H27N3O2. The molecule has 138 valence electrons. The fraction of sp³-hybridized carbons (Fsp3) is 0.429. The molecule has 1 saturated heterocycles. The van der Waals surface area contributed by atoms with Gasteiger partial charge < -0.3 is 15.3 Å². The second kappa shape index (κ2) is 8.32. The van der Waals surface area contributed by atoms with Crippen LogP contribution >= 0.6 is 0 Å². The van der Waals surface area contributed by atoms with Crippen LogP contribution in [0.15, 0.2) is 48.7 Å². The zero-order valence-corrected chi connectivity index (χ0v) is 15.4. The van der Waals surface area contributed by atoms with Crippen LogP contribution in [0.4, 0.5) is 5.69 Å². The largest absolute Gasteiger partial charge is 0.391 e. The van der Waals surface area contributed by atoms with Crippen molar-refractivity contribution in [1.82, 2.24) is 9.88 Å². The predicted molar refractivity (Wildman–Crippen MR) is 103 cm³/mol. The number of hydrogen-bond donors (Lipinski definition) is 2. The summed E-state index contributed by atoms with van der Waals surface area (Å²) in [6, 6.07) is 13.4. The number of para-hydroxylation sites is 1. The molecular weight excluding hydrogens is 326 g/mol. The summed E-state index contributed by atoms with van der Waals surface area (Å²) >= 11 is 0. The molecule has 5 nitrogen and oxygen atoms in total. The van der Waals surface area contributed by atoms with Crippen molar-refractivity contribution in [2.75, 3.05) is 25.0 Å². The zero-order valence-electron chi connectivity index (χ0n) is 15.4. The van der Waals surface area contributed by atoms with Crippen molar-refractivity contribution in [2.45, 2.75) is 26.4 Å². The molecule has 2 heterocycles. The van der Waals surface area contributed by atoms with Crippen molar-refractivity contribution in [2.24, 2.45) is 11.8 Å². The average molecular weight is 353 g/mol. The summed E-state index contributed by atoms with van der Waals surface area (Å²) in [6.45, 7) is 6.01. The Kier molecular flexibility index (Phi) is 5.89. The number of carbonyl (C=O) groups excluding carboxylic acids is 1. The van der Waals surface area contributed by atoms with E-state index in [1.54, 1.807) is 11.1 Å². The van der Waals surface area contributed by atoms with Gasteiger partial charge in [0.2, 0.25) is 0 Å². The van der Waals surface area contributed by atoms with E-state index >= 15 is 0 Å². The van der Waals surface area contributed by atoms with Crippen LogP contribution in [0.3, 0.4) is 0 Å². The Bertz CT molecular complexity index is 733. The molecule has 1 amide bonds. The zero-order chi connectivity index (χ0) is 18.5. The summed E-state index contributed by atoms with van der Waals surface area (Å²) in [6.07, 6.45) is 1.92. The van der Waals surface area contributed by atoms with Gasteiger partial charge in [-0.3, -0.25) is 9.78 Å². The van der Waals surface area contributed by atoms with Crippen LogP contribution in [0.5, 0.6) is 0 Å². The molecule has 5 heteroatoms. The molecule has 0 saturated carbocycles. The fourth-order valence-corrected chi connectivity index (χ4v) is 3.32. The van der Waals surface area contributed by atoms with Gasteiger partial charge in [-0.1, -0.05) is 32.0 Å². The number of pyridine rings is 1. The monoisotopic (exact) mass is 353 g/mol. The van der Waals surface area contributed by atoms with Gasteiger partial charge in [-0.15, -0.1) is 0 Å². The van der Waals surface area contributed by atoms with Crippen molar-refractivity contribution < 1.29 is 9.90 Å². The Morgan fingerprint density at radius 3 is 2.73 bits per heavy atom. The van der Waals surface area contributed by atoms with Gasteiger partial charge in [0.1, 0.15) is 0 Å². The van der Waals surface area contributed by atoms with Gasteiger partial charge in [0.15, 0.2) is 0 Å². The van der Waals surface area contributed by atoms with E-state index in [1.807, 2.05) is 42.5 Å². The first-order valence-corrected chi connectivity index (χ1v) is 9.24. The number of aliphatic hydroxyl groups excluding tert-OH is 1. The second-order valence-corrected chi connectivity index (χ2v) is 7.38. The van der Waals surface area contributed by atoms with Crippen LogP contribution in [0.2, 0.25) is 0 Å². The lowest BCUT2D eigenvalue weighted by Gasteiger charge is -2.19. The van der Waals surface area contributed by atoms with E-state index in [0.717, 1.165) is 17.9 Å². The fourth-order valence-electron chi connectivity index (χ4n) is 3.32. The highest BCUT2D eigenvalue weighted by atomic mass is 16.3. The summed E-state index contributed by atoms with van der Waals surface area (Å²) in [5.41, 5.74) is 2.47. The highest BCUT2D eigenvalue weighted by Crippen LogP contribution is 2.25. The summed E-state index contributed by atoms with van der Waals surface area (Å²) < 4.78 is 0. The minimum absolute atomic E-state index is 0.0182. The number of hydrogen-bond acceptors (Lipinski definition) is 4. The first-order valence-electron chi connectivity index (χ1n) is 9.24. The summed E-state index contributed by atoms with van der Waals surface area (Å²) in [4.78, 5) is 19.1. The quantitative estimate of drug-likeness (QED) is 0.838. The Balaban J connectivity index is 1.69. The highest BCUT2D eigenvalue weighted by molar-refractivity contribution is 5.99. The van der Waals surface area contributed by atoms with Crippen molar-refractivity contribution in [3.63, 3.8) is 0 Å². The Labute approximate surface area is 155 Å². The van der Waals surface area contributed by atoms with Gasteiger partial charge in [-0.05, 0) is 36.6 Å². The Hall–Kier alpha value is -2.40. The number of rotatable bonds is 6. The molecule has 0 aliphatic carbocycles. The lowest BCUT2D eigenvalue weighted by atomic mass is 10.00. The molecule has 1 aliphatic heterocycles. The Morgan fingerprint density at radius 1 is 1.23 bits per heavy atom. The van der Waals surface area contributed by atoms with Crippen molar-refractivity contribution >= 4 is 11.6 Å². The number of carbonyl (C=O) groups is 1. The molecule has 0 bridgehead atoms. The standard InChI is InChI=1S/C21H27N3O2/c1-15(2)12-23-19-9-4-3-8-18(19)21(26)24-13-16(20(25)14-24)11-17-7-5-6-10-22-17/h3-10,15-16,20,23,25H,11-14H2,1-2H3/t16-,20-/m1/s1. The number of amides is 1. The van der Waals surface area contributed by atoms with Gasteiger partial charge in [0, 0.05) is 43.1 Å². The molecule has 1 aliphatic rings. The van der Waals surface area contributed by atoms with Gasteiger partial charge in [-0.2, -0.15) is 0 Å². The van der Waals surface area contributed by atoms with Crippen LogP contribution in [-0.4, -0.2) is 46.6 Å². The molecule has 2 aromatic rings. The van der Waals surface area contributed by atoms with E-state index in [2.05, 4.69) is 24.1 Å². The molecule has 3 rings (SSSR count). The van der Waals surface area contributed by atoms with Gasteiger partial charge >= 0.3 is 0 Å². The smallest absolute Gasteiger partial charge is 0.256 e. The number of likely N-dealkylation sites (tertiary alicyclic amines) is 1. The SMILES string of the molecule is CC(C)CNc1ccccc1C(=O)N1C[C@@H](Cc2ccccn2)[C@H](O)C1. The summed E-state index contributed by atoms with van der Waals surface area (Å²) in [7, 11) is 0. The molecule has 1 aromatic heterocycles. The molecule has 26 heavy (non-hydrogen) atoms. The third-order valence-corrected chi connectivity index (χ3v) is 4.75. The molecule has 2 N–H and O–H groups in total. The minimum atomic E-state index is -0.517. The topological polar surface area (TPSA) is 65.5 Å². The molecule has 1 aromatic carbocycles. The minimum Gasteiger partial charge on any atom is -0.391 e. The molecule has 0 radical (unpaired) electrons. The first kappa shape index (κ1) is 18.4. The maximum Gasteiger partial charge on any atom is 0.256 e. The molecule has 2 atom stereocenters. The molecule has 0 unspecified atom stereocenters. The van der Waals surface area contributed by atoms with E-state index in [1.165, 1.54) is 0 Å². The normalized spacial score (nSPS) is 19.8. The van der Waals surface area contributed by atoms with Gasteiger partial charge in [0.05, 0.1) is 11.7 Å². The number of β-amino-alcohol motifs (C(OH)–C–C–N with tert-alkyl or cyclic N) is 1. The summed E-state index contributed by atoms with van der Waals surface area (Å²) in [5, 5.41) is 13.8. The maximum atomic E-state index is 13.0. The van der Waals surface area contributed by atoms with Crippen LogP contribution in [0, 0.1) is 11.8 Å². The maximum absolute atomic E-state index is 13.0. The van der Waals surface area contributed by atoms with Crippen LogP contribution < -0.4 is 5.32 Å². The van der Waals surface area contributed by atoms with Gasteiger partial charge in [0.25, 0.3) is 5.91 Å². The van der Waals surface area contributed by atoms with Crippen molar-refractivity contribution in [1.29, 1.82) is 0 Å². The van der Waals surface area contributed by atoms with Crippen molar-refractivity contribution in [3.05, 3.63) is 59.9 Å². The van der Waals surface area contributed by atoms with Gasteiger partial charge in [-0.25, -0.2) is 0 Å². The predicted octanol–water partition coefficient (Wildman–Crippen LogP) is 2.83. The molecule has 1 fully saturated rings. The first-order chi connectivity index (χ1) is 12.5. The van der Waals surface area contributed by atoms with Crippen molar-refractivity contribution in [3.8, 4) is 0 Å². The number of aliphatic hydroxyl groups is 1. The van der Waals surface area contributed by atoms with E-state index < -0.39 is 6.10 Å². The number of nitrogens with one attached hydrogen (secondary N) is 1. The average Bonchev–Trinajstić information content (AvgIpc) is 3.01. The lowest BCUT2D eigenvalue weighted by Crippen LogP contribution is -2.30. The number of aromatic nitrogens is 1. The summed E-state index contributed by atoms with van der Waals surface area (Å²) in [5.74, 6) is 0.485. The van der Waals surface area contributed by atoms with Crippen LogP contribution in [-0.2, 0) is 6.42 Å². The number of anilines is 1. The third kappa shape index (κ3) is 4.41. The number of nitrogens with zero attached hydrogens (tertiary/aromatic N) is 2. The van der Waals surface area contributed by atoms with E-state index in [4.69, 9.17) is 0 Å². The number of benzene rings is 1. The lowest BCUT2D eigenvalue weighted by molar-refractivity contribution is 0.0765. The third-order valence-electron chi connectivity index (χ3n) is 4.75. The van der Waals surface area contributed by atoms with Crippen LogP contribution in [0.1, 0.15) is 29.9 Å². The Morgan fingerprint density at radius 2 is 2.00 bits per heavy atom. The van der Waals surface area contributed by atoms with E-state index in [-0.39, 0.29) is 11.8 Å². The van der Waals surface area contributed by atoms with E-state index in [0.29, 0.717) is 31.0 Å². The van der Waals surface area contributed by atoms with E-state index in [9.17, 15) is 9.90 Å². The molecule has 0 spiro atoms.